The fraction of sp³-hybridized carbons (Fsp3) is 0.154. The number of nitrogens with zero attached hydrogens (tertiary/aromatic N) is 1. The van der Waals surface area contributed by atoms with Gasteiger partial charge in [-0.1, -0.05) is 33.6 Å². The monoisotopic (exact) mass is 311 g/mol. The van der Waals surface area contributed by atoms with E-state index in [2.05, 4.69) is 20.9 Å². The van der Waals surface area contributed by atoms with E-state index in [0.717, 1.165) is 16.6 Å². The first-order valence-corrected chi connectivity index (χ1v) is 6.40. The summed E-state index contributed by atoms with van der Waals surface area (Å²) >= 11 is 9.40. The zero-order chi connectivity index (χ0) is 12.1. The minimum atomic E-state index is 0.563. The summed E-state index contributed by atoms with van der Waals surface area (Å²) in [5, 5.41) is 0.620. The zero-order valence-electron chi connectivity index (χ0n) is 9.07. The minimum absolute atomic E-state index is 0.563. The van der Waals surface area contributed by atoms with Gasteiger partial charge in [0.25, 0.3) is 0 Å². The molecule has 88 valence electrons. The van der Waals surface area contributed by atoms with Gasteiger partial charge in [-0.05, 0) is 30.3 Å². The number of rotatable bonds is 4. The first-order valence-electron chi connectivity index (χ1n) is 5.23. The first kappa shape index (κ1) is 12.4. The summed E-state index contributed by atoms with van der Waals surface area (Å²) in [6, 6.07) is 11.4. The van der Waals surface area contributed by atoms with Crippen LogP contribution in [0.1, 0.15) is 5.69 Å². The Hall–Kier alpha value is -1.06. The zero-order valence-corrected chi connectivity index (χ0v) is 11.4. The van der Waals surface area contributed by atoms with Crippen LogP contribution in [0.4, 0.5) is 0 Å². The third-order valence-corrected chi connectivity index (χ3v) is 3.04. The molecule has 2 aromatic rings. The average molecular weight is 313 g/mol. The SMILES string of the molecule is Clc1ccc(Br)cc1OCCc1ccccn1. The van der Waals surface area contributed by atoms with Crippen molar-refractivity contribution in [2.45, 2.75) is 6.42 Å². The molecule has 0 radical (unpaired) electrons. The van der Waals surface area contributed by atoms with E-state index < -0.39 is 0 Å². The van der Waals surface area contributed by atoms with Gasteiger partial charge in [0.05, 0.1) is 11.6 Å². The topological polar surface area (TPSA) is 22.1 Å². The molecule has 2 rings (SSSR count). The van der Waals surface area contributed by atoms with E-state index in [4.69, 9.17) is 16.3 Å². The number of aromatic nitrogens is 1. The second kappa shape index (κ2) is 6.03. The molecule has 0 fully saturated rings. The normalized spacial score (nSPS) is 10.2. The summed E-state index contributed by atoms with van der Waals surface area (Å²) in [6.45, 7) is 0.563. The van der Waals surface area contributed by atoms with Crippen LogP contribution in [0.3, 0.4) is 0 Å². The van der Waals surface area contributed by atoms with Crippen molar-refractivity contribution in [2.24, 2.45) is 0 Å². The Labute approximate surface area is 114 Å². The van der Waals surface area contributed by atoms with Gasteiger partial charge in [0.1, 0.15) is 5.75 Å². The third kappa shape index (κ3) is 3.72. The Morgan fingerprint density at radius 1 is 1.24 bits per heavy atom. The van der Waals surface area contributed by atoms with Crippen molar-refractivity contribution < 1.29 is 4.74 Å². The van der Waals surface area contributed by atoms with E-state index in [9.17, 15) is 0 Å². The van der Waals surface area contributed by atoms with E-state index >= 15 is 0 Å². The van der Waals surface area contributed by atoms with Crippen molar-refractivity contribution in [3.8, 4) is 5.75 Å². The number of pyridine rings is 1. The fourth-order valence-electron chi connectivity index (χ4n) is 1.40. The minimum Gasteiger partial charge on any atom is -0.492 e. The van der Waals surface area contributed by atoms with E-state index in [-0.39, 0.29) is 0 Å². The van der Waals surface area contributed by atoms with Crippen LogP contribution in [-0.2, 0) is 6.42 Å². The Balaban J connectivity index is 1.92. The van der Waals surface area contributed by atoms with E-state index in [1.807, 2.05) is 36.4 Å². The van der Waals surface area contributed by atoms with Gasteiger partial charge in [-0.2, -0.15) is 0 Å². The summed E-state index contributed by atoms with van der Waals surface area (Å²) in [5.41, 5.74) is 1.01. The largest absolute Gasteiger partial charge is 0.492 e. The lowest BCUT2D eigenvalue weighted by molar-refractivity contribution is 0.320. The molecule has 0 aliphatic carbocycles. The van der Waals surface area contributed by atoms with Gasteiger partial charge in [0.15, 0.2) is 0 Å². The van der Waals surface area contributed by atoms with Crippen LogP contribution in [0.2, 0.25) is 5.02 Å². The summed E-state index contributed by atoms with van der Waals surface area (Å²) in [5.74, 6) is 0.692. The van der Waals surface area contributed by atoms with Crippen LogP contribution in [0.25, 0.3) is 0 Å². The Bertz CT molecular complexity index is 490. The van der Waals surface area contributed by atoms with Crippen LogP contribution >= 0.6 is 27.5 Å². The molecule has 2 nitrogen and oxygen atoms in total. The van der Waals surface area contributed by atoms with Crippen molar-refractivity contribution >= 4 is 27.5 Å². The molecule has 0 aliphatic heterocycles. The molecule has 0 aliphatic rings. The molecule has 0 spiro atoms. The molecule has 0 bridgehead atoms. The molecule has 0 saturated carbocycles. The third-order valence-electron chi connectivity index (χ3n) is 2.24. The van der Waals surface area contributed by atoms with Crippen LogP contribution in [0.5, 0.6) is 5.75 Å². The van der Waals surface area contributed by atoms with Gasteiger partial charge in [-0.3, -0.25) is 4.98 Å². The van der Waals surface area contributed by atoms with Gasteiger partial charge >= 0.3 is 0 Å². The molecule has 0 N–H and O–H groups in total. The molecule has 0 amide bonds. The van der Waals surface area contributed by atoms with Gasteiger partial charge in [0.2, 0.25) is 0 Å². The fourth-order valence-corrected chi connectivity index (χ4v) is 1.91. The highest BCUT2D eigenvalue weighted by Gasteiger charge is 2.02. The lowest BCUT2D eigenvalue weighted by atomic mass is 10.3. The molecule has 4 heteroatoms. The number of halogens is 2. The summed E-state index contributed by atoms with van der Waals surface area (Å²) < 4.78 is 6.57. The highest BCUT2D eigenvalue weighted by molar-refractivity contribution is 9.10. The van der Waals surface area contributed by atoms with Crippen LogP contribution in [0.15, 0.2) is 47.1 Å². The standard InChI is InChI=1S/C13H11BrClNO/c14-10-4-5-12(15)13(9-10)17-8-6-11-3-1-2-7-16-11/h1-5,7,9H,6,8H2. The van der Waals surface area contributed by atoms with Crippen LogP contribution in [-0.4, -0.2) is 11.6 Å². The summed E-state index contributed by atoms with van der Waals surface area (Å²) in [7, 11) is 0. The van der Waals surface area contributed by atoms with Crippen molar-refractivity contribution in [1.29, 1.82) is 0 Å². The molecular formula is C13H11BrClNO. The lowest BCUT2D eigenvalue weighted by Gasteiger charge is -2.08. The second-order valence-corrected chi connectivity index (χ2v) is 4.82. The van der Waals surface area contributed by atoms with Crippen molar-refractivity contribution in [2.75, 3.05) is 6.61 Å². The lowest BCUT2D eigenvalue weighted by Crippen LogP contribution is -2.02. The Morgan fingerprint density at radius 3 is 2.88 bits per heavy atom. The number of benzene rings is 1. The van der Waals surface area contributed by atoms with Gasteiger partial charge < -0.3 is 4.74 Å². The number of hydrogen-bond donors (Lipinski definition) is 0. The average Bonchev–Trinajstić information content (AvgIpc) is 2.35. The highest BCUT2D eigenvalue weighted by Crippen LogP contribution is 2.27. The molecule has 0 atom stereocenters. The number of hydrogen-bond acceptors (Lipinski definition) is 2. The van der Waals surface area contributed by atoms with E-state index in [1.165, 1.54) is 0 Å². The van der Waals surface area contributed by atoms with E-state index in [1.54, 1.807) is 6.20 Å². The molecule has 0 saturated heterocycles. The molecular weight excluding hydrogens is 302 g/mol. The second-order valence-electron chi connectivity index (χ2n) is 3.49. The maximum absolute atomic E-state index is 6.02. The van der Waals surface area contributed by atoms with Crippen molar-refractivity contribution in [3.63, 3.8) is 0 Å². The summed E-state index contributed by atoms with van der Waals surface area (Å²) in [4.78, 5) is 4.23. The van der Waals surface area contributed by atoms with Gasteiger partial charge in [-0.15, -0.1) is 0 Å². The quantitative estimate of drug-likeness (QED) is 0.847. The smallest absolute Gasteiger partial charge is 0.139 e. The number of ether oxygens (including phenoxy) is 1. The maximum atomic E-state index is 6.02. The molecule has 1 aromatic carbocycles. The van der Waals surface area contributed by atoms with Crippen LogP contribution in [0, 0.1) is 0 Å². The Morgan fingerprint density at radius 2 is 2.12 bits per heavy atom. The predicted octanol–water partition coefficient (Wildman–Crippen LogP) is 4.12. The van der Waals surface area contributed by atoms with Crippen molar-refractivity contribution in [3.05, 3.63) is 57.8 Å². The first-order chi connectivity index (χ1) is 8.25. The van der Waals surface area contributed by atoms with Gasteiger partial charge in [-0.25, -0.2) is 0 Å². The van der Waals surface area contributed by atoms with Crippen molar-refractivity contribution in [1.82, 2.24) is 4.98 Å². The maximum Gasteiger partial charge on any atom is 0.139 e. The molecule has 1 heterocycles. The molecule has 17 heavy (non-hydrogen) atoms. The van der Waals surface area contributed by atoms with E-state index in [0.29, 0.717) is 17.4 Å². The summed E-state index contributed by atoms with van der Waals surface area (Å²) in [6.07, 6.45) is 2.55. The van der Waals surface area contributed by atoms with Crippen LogP contribution < -0.4 is 4.74 Å². The van der Waals surface area contributed by atoms with Gasteiger partial charge in [0, 0.05) is 22.8 Å². The molecule has 1 aromatic heterocycles. The predicted molar refractivity (Wildman–Crippen MR) is 72.6 cm³/mol. The Kier molecular flexibility index (Phi) is 4.40. The highest BCUT2D eigenvalue weighted by atomic mass is 79.9. The molecule has 0 unspecified atom stereocenters.